The summed E-state index contributed by atoms with van der Waals surface area (Å²) in [4.78, 5) is 0. The zero-order chi connectivity index (χ0) is 10.6. The highest BCUT2D eigenvalue weighted by atomic mass is 35.5. The average Bonchev–Trinajstić information content (AvgIpc) is 2.12. The zero-order valence-corrected chi connectivity index (χ0v) is 9.36. The van der Waals surface area contributed by atoms with Gasteiger partial charge >= 0.3 is 0 Å². The van der Waals surface area contributed by atoms with E-state index in [-0.39, 0.29) is 6.04 Å². The van der Waals surface area contributed by atoms with Crippen molar-refractivity contribution >= 4 is 23.2 Å². The van der Waals surface area contributed by atoms with E-state index in [9.17, 15) is 0 Å². The van der Waals surface area contributed by atoms with Crippen LogP contribution in [-0.4, -0.2) is 6.04 Å². The maximum absolute atomic E-state index is 5.85. The van der Waals surface area contributed by atoms with Gasteiger partial charge < -0.3 is 0 Å². The van der Waals surface area contributed by atoms with Crippen molar-refractivity contribution in [1.82, 2.24) is 5.32 Å². The molecule has 1 aromatic rings. The molecule has 0 heterocycles. The highest BCUT2D eigenvalue weighted by Gasteiger charge is 1.99. The topological polar surface area (TPSA) is 12.0 Å². The van der Waals surface area contributed by atoms with Crippen LogP contribution < -0.4 is 5.32 Å². The lowest BCUT2D eigenvalue weighted by molar-refractivity contribution is 0.648. The average molecular weight is 228 g/mol. The van der Waals surface area contributed by atoms with Gasteiger partial charge in [0.15, 0.2) is 0 Å². The molecule has 0 aliphatic rings. The van der Waals surface area contributed by atoms with E-state index >= 15 is 0 Å². The molecule has 0 aliphatic carbocycles. The Labute approximate surface area is 94.4 Å². The Balaban J connectivity index is 2.64. The van der Waals surface area contributed by atoms with E-state index in [1.807, 2.05) is 19.1 Å². The van der Waals surface area contributed by atoms with Crippen LogP contribution in [0.15, 0.2) is 18.2 Å². The second-order valence-electron chi connectivity index (χ2n) is 3.05. The second-order valence-corrected chi connectivity index (χ2v) is 3.92. The molecule has 14 heavy (non-hydrogen) atoms. The van der Waals surface area contributed by atoms with E-state index in [0.29, 0.717) is 16.6 Å². The molecule has 1 atom stereocenters. The summed E-state index contributed by atoms with van der Waals surface area (Å²) in [6, 6.07) is 5.48. The Hall–Kier alpha value is -0.680. The first-order chi connectivity index (χ1) is 6.61. The number of rotatable bonds is 3. The number of nitrogens with one attached hydrogen (secondary N) is 1. The van der Waals surface area contributed by atoms with Crippen molar-refractivity contribution in [2.45, 2.75) is 19.5 Å². The lowest BCUT2D eigenvalue weighted by Gasteiger charge is -2.08. The van der Waals surface area contributed by atoms with Crippen LogP contribution in [0, 0.1) is 12.3 Å². The molecule has 0 radical (unpaired) electrons. The largest absolute Gasteiger partial charge is 0.300 e. The third-order valence-electron chi connectivity index (χ3n) is 1.78. The molecule has 3 heteroatoms. The summed E-state index contributed by atoms with van der Waals surface area (Å²) in [5.74, 6) is 2.59. The van der Waals surface area contributed by atoms with Crippen LogP contribution >= 0.6 is 23.2 Å². The van der Waals surface area contributed by atoms with Crippen molar-refractivity contribution < 1.29 is 0 Å². The molecule has 1 unspecified atom stereocenters. The van der Waals surface area contributed by atoms with Gasteiger partial charge in [-0.1, -0.05) is 29.1 Å². The van der Waals surface area contributed by atoms with Gasteiger partial charge in [-0.05, 0) is 30.7 Å². The van der Waals surface area contributed by atoms with Crippen LogP contribution in [0.4, 0.5) is 0 Å². The summed E-state index contributed by atoms with van der Waals surface area (Å²) < 4.78 is 0. The number of halogens is 2. The smallest absolute Gasteiger partial charge is 0.0660 e. The van der Waals surface area contributed by atoms with E-state index < -0.39 is 0 Å². The fourth-order valence-corrected chi connectivity index (χ4v) is 1.61. The van der Waals surface area contributed by atoms with Gasteiger partial charge in [0.2, 0.25) is 0 Å². The second kappa shape index (κ2) is 5.26. The highest BCUT2D eigenvalue weighted by molar-refractivity contribution is 6.34. The van der Waals surface area contributed by atoms with Crippen molar-refractivity contribution in [3.05, 3.63) is 33.8 Å². The molecular formula is C11H11Cl2N. The van der Waals surface area contributed by atoms with E-state index in [0.717, 1.165) is 5.56 Å². The summed E-state index contributed by atoms with van der Waals surface area (Å²) in [5, 5.41) is 4.43. The van der Waals surface area contributed by atoms with Gasteiger partial charge in [0.25, 0.3) is 0 Å². The monoisotopic (exact) mass is 227 g/mol. The lowest BCUT2D eigenvalue weighted by Crippen LogP contribution is -2.23. The first kappa shape index (κ1) is 11.4. The molecule has 0 aliphatic heterocycles. The van der Waals surface area contributed by atoms with Gasteiger partial charge in [-0.3, -0.25) is 5.32 Å². The number of benzene rings is 1. The molecule has 0 aromatic heterocycles. The minimum absolute atomic E-state index is 0.0488. The SMILES string of the molecule is C#CC(C)NCc1cc(Cl)cc(Cl)c1. The molecule has 74 valence electrons. The molecular weight excluding hydrogens is 217 g/mol. The highest BCUT2D eigenvalue weighted by Crippen LogP contribution is 2.18. The third kappa shape index (κ3) is 3.59. The summed E-state index contributed by atoms with van der Waals surface area (Å²) >= 11 is 11.7. The fraction of sp³-hybridized carbons (Fsp3) is 0.273. The molecule has 1 nitrogen and oxygen atoms in total. The van der Waals surface area contributed by atoms with Crippen LogP contribution in [0.2, 0.25) is 10.0 Å². The molecule has 1 N–H and O–H groups in total. The number of hydrogen-bond acceptors (Lipinski definition) is 1. The predicted octanol–water partition coefficient (Wildman–Crippen LogP) is 3.10. The van der Waals surface area contributed by atoms with Crippen LogP contribution in [0.1, 0.15) is 12.5 Å². The molecule has 1 rings (SSSR count). The van der Waals surface area contributed by atoms with Crippen LogP contribution in [0.25, 0.3) is 0 Å². The standard InChI is InChI=1S/C11H11Cl2N/c1-3-8(2)14-7-9-4-10(12)6-11(13)5-9/h1,4-6,8,14H,7H2,2H3. The predicted molar refractivity (Wildman–Crippen MR) is 61.6 cm³/mol. The molecule has 0 amide bonds. The molecule has 0 spiro atoms. The Morgan fingerprint density at radius 2 is 1.93 bits per heavy atom. The first-order valence-corrected chi connectivity index (χ1v) is 5.02. The summed E-state index contributed by atoms with van der Waals surface area (Å²) in [5.41, 5.74) is 1.03. The summed E-state index contributed by atoms with van der Waals surface area (Å²) in [7, 11) is 0. The maximum Gasteiger partial charge on any atom is 0.0660 e. The first-order valence-electron chi connectivity index (χ1n) is 4.26. The van der Waals surface area contributed by atoms with E-state index in [2.05, 4.69) is 11.2 Å². The maximum atomic E-state index is 5.85. The minimum Gasteiger partial charge on any atom is -0.300 e. The van der Waals surface area contributed by atoms with Crippen molar-refractivity contribution in [3.63, 3.8) is 0 Å². The van der Waals surface area contributed by atoms with E-state index in [1.54, 1.807) is 6.07 Å². The zero-order valence-electron chi connectivity index (χ0n) is 7.85. The van der Waals surface area contributed by atoms with Gasteiger partial charge in [-0.15, -0.1) is 6.42 Å². The third-order valence-corrected chi connectivity index (χ3v) is 2.22. The molecule has 0 saturated heterocycles. The molecule has 0 fully saturated rings. The Morgan fingerprint density at radius 3 is 2.43 bits per heavy atom. The van der Waals surface area contributed by atoms with Crippen LogP contribution in [-0.2, 0) is 6.54 Å². The van der Waals surface area contributed by atoms with Gasteiger partial charge in [0.1, 0.15) is 0 Å². The van der Waals surface area contributed by atoms with Crippen molar-refractivity contribution in [1.29, 1.82) is 0 Å². The molecule has 0 saturated carbocycles. The normalized spacial score (nSPS) is 12.1. The van der Waals surface area contributed by atoms with Gasteiger partial charge in [0.05, 0.1) is 6.04 Å². The van der Waals surface area contributed by atoms with Gasteiger partial charge in [0, 0.05) is 16.6 Å². The Kier molecular flexibility index (Phi) is 4.28. The Morgan fingerprint density at radius 1 is 1.36 bits per heavy atom. The van der Waals surface area contributed by atoms with Crippen LogP contribution in [0.5, 0.6) is 0 Å². The summed E-state index contributed by atoms with van der Waals surface area (Å²) in [6.45, 7) is 2.60. The minimum atomic E-state index is 0.0488. The van der Waals surface area contributed by atoms with Gasteiger partial charge in [-0.2, -0.15) is 0 Å². The van der Waals surface area contributed by atoms with Gasteiger partial charge in [-0.25, -0.2) is 0 Å². The van der Waals surface area contributed by atoms with Crippen LogP contribution in [0.3, 0.4) is 0 Å². The van der Waals surface area contributed by atoms with E-state index in [4.69, 9.17) is 29.6 Å². The quantitative estimate of drug-likeness (QED) is 0.784. The van der Waals surface area contributed by atoms with Crippen molar-refractivity contribution in [2.75, 3.05) is 0 Å². The summed E-state index contributed by atoms with van der Waals surface area (Å²) in [6.07, 6.45) is 5.23. The number of hydrogen-bond donors (Lipinski definition) is 1. The number of terminal acetylenes is 1. The molecule has 0 bridgehead atoms. The molecule has 1 aromatic carbocycles. The van der Waals surface area contributed by atoms with Crippen molar-refractivity contribution in [3.8, 4) is 12.3 Å². The Bertz CT molecular complexity index is 335. The lowest BCUT2D eigenvalue weighted by atomic mass is 10.2. The van der Waals surface area contributed by atoms with E-state index in [1.165, 1.54) is 0 Å². The fourth-order valence-electron chi connectivity index (χ4n) is 1.04. The van der Waals surface area contributed by atoms with Crippen molar-refractivity contribution in [2.24, 2.45) is 0 Å².